The van der Waals surface area contributed by atoms with E-state index in [0.29, 0.717) is 54.5 Å². The van der Waals surface area contributed by atoms with Gasteiger partial charge in [0.15, 0.2) is 6.23 Å². The second kappa shape index (κ2) is 7.13. The van der Waals surface area contributed by atoms with E-state index in [1.807, 2.05) is 6.08 Å². The van der Waals surface area contributed by atoms with Crippen LogP contribution in [0.2, 0.25) is 0 Å². The number of ether oxygens (including phenoxy) is 2. The number of aliphatic imine (C=N–C) groups is 1. The van der Waals surface area contributed by atoms with Crippen molar-refractivity contribution in [3.8, 4) is 5.75 Å². The molecule has 27 heavy (non-hydrogen) atoms. The summed E-state index contributed by atoms with van der Waals surface area (Å²) in [6, 6.07) is 1.41. The van der Waals surface area contributed by atoms with Crippen molar-refractivity contribution in [2.45, 2.75) is 19.1 Å². The number of hydrogen-bond donors (Lipinski definition) is 2. The Kier molecular flexibility index (Phi) is 4.67. The van der Waals surface area contributed by atoms with Gasteiger partial charge in [-0.2, -0.15) is 5.10 Å². The van der Waals surface area contributed by atoms with Crippen LogP contribution in [0.4, 0.5) is 10.1 Å². The zero-order valence-corrected chi connectivity index (χ0v) is 15.2. The molecule has 4 rings (SSSR count). The summed E-state index contributed by atoms with van der Waals surface area (Å²) in [5, 5.41) is 17.6. The SMILES string of the molecule is COc1cc(F)c(C2=CCOCC2)c2c1CC(=NC(O)c1cnn(C)c1)N2. The van der Waals surface area contributed by atoms with Gasteiger partial charge in [0.1, 0.15) is 17.4 Å². The van der Waals surface area contributed by atoms with Crippen molar-refractivity contribution >= 4 is 17.1 Å². The molecule has 1 aromatic carbocycles. The molecule has 3 heterocycles. The molecule has 0 radical (unpaired) electrons. The predicted molar refractivity (Wildman–Crippen MR) is 99.3 cm³/mol. The minimum atomic E-state index is -1.04. The average molecular weight is 372 g/mol. The Hall–Kier alpha value is -2.71. The van der Waals surface area contributed by atoms with Crippen LogP contribution in [0, 0.1) is 5.82 Å². The fourth-order valence-corrected chi connectivity index (χ4v) is 3.46. The lowest BCUT2D eigenvalue weighted by Gasteiger charge is -2.18. The number of aromatic nitrogens is 2. The predicted octanol–water partition coefficient (Wildman–Crippen LogP) is 2.43. The maximum absolute atomic E-state index is 14.8. The monoisotopic (exact) mass is 372 g/mol. The van der Waals surface area contributed by atoms with Gasteiger partial charge in [0.2, 0.25) is 0 Å². The third-order valence-corrected chi connectivity index (χ3v) is 4.76. The molecule has 1 unspecified atom stereocenters. The van der Waals surface area contributed by atoms with Crippen LogP contribution < -0.4 is 10.1 Å². The van der Waals surface area contributed by atoms with Crippen molar-refractivity contribution in [3.05, 3.63) is 47.0 Å². The van der Waals surface area contributed by atoms with Crippen LogP contribution >= 0.6 is 0 Å². The second-order valence-electron chi connectivity index (χ2n) is 6.54. The lowest BCUT2D eigenvalue weighted by atomic mass is 9.96. The Balaban J connectivity index is 1.71. The molecule has 7 nitrogen and oxygen atoms in total. The number of hydrogen-bond acceptors (Lipinski definition) is 5. The fraction of sp³-hybridized carbons (Fsp3) is 0.368. The standard InChI is InChI=1S/C19H21FN4O3/c1-24-10-12(9-21-24)19(25)23-16-7-13-15(26-2)8-14(20)17(18(13)22-16)11-3-5-27-6-4-11/h3,8-10,19,25H,4-7H2,1-2H3,(H,22,23). The van der Waals surface area contributed by atoms with Gasteiger partial charge in [0, 0.05) is 42.4 Å². The first-order valence-electron chi connectivity index (χ1n) is 8.73. The van der Waals surface area contributed by atoms with Crippen molar-refractivity contribution in [1.82, 2.24) is 9.78 Å². The van der Waals surface area contributed by atoms with E-state index in [1.165, 1.54) is 13.2 Å². The average Bonchev–Trinajstić information content (AvgIpc) is 3.28. The quantitative estimate of drug-likeness (QED) is 0.862. The van der Waals surface area contributed by atoms with Crippen LogP contribution in [0.1, 0.15) is 29.3 Å². The molecule has 0 saturated heterocycles. The summed E-state index contributed by atoms with van der Waals surface area (Å²) in [6.07, 6.45) is 5.19. The van der Waals surface area contributed by atoms with E-state index in [2.05, 4.69) is 15.4 Å². The van der Waals surface area contributed by atoms with Crippen LogP contribution in [-0.2, 0) is 18.2 Å². The van der Waals surface area contributed by atoms with Gasteiger partial charge in [-0.3, -0.25) is 4.68 Å². The highest BCUT2D eigenvalue weighted by Crippen LogP contribution is 2.41. The number of methoxy groups -OCH3 is 1. The lowest BCUT2D eigenvalue weighted by Crippen LogP contribution is -2.11. The lowest BCUT2D eigenvalue weighted by molar-refractivity contribution is 0.161. The van der Waals surface area contributed by atoms with Crippen molar-refractivity contribution in [1.29, 1.82) is 0 Å². The van der Waals surface area contributed by atoms with Crippen LogP contribution in [0.3, 0.4) is 0 Å². The van der Waals surface area contributed by atoms with Crippen molar-refractivity contribution in [2.75, 3.05) is 25.6 Å². The van der Waals surface area contributed by atoms with Gasteiger partial charge in [-0.15, -0.1) is 0 Å². The van der Waals surface area contributed by atoms with E-state index < -0.39 is 6.23 Å². The molecule has 0 aliphatic carbocycles. The van der Waals surface area contributed by atoms with Crippen LogP contribution in [0.15, 0.2) is 29.5 Å². The highest BCUT2D eigenvalue weighted by molar-refractivity contribution is 6.06. The Morgan fingerprint density at radius 3 is 3.00 bits per heavy atom. The summed E-state index contributed by atoms with van der Waals surface area (Å²) in [5.74, 6) is 0.673. The molecule has 0 saturated carbocycles. The minimum absolute atomic E-state index is 0.347. The molecule has 0 amide bonds. The molecule has 0 fully saturated rings. The van der Waals surface area contributed by atoms with Crippen LogP contribution in [0.25, 0.3) is 5.57 Å². The Bertz CT molecular complexity index is 935. The number of aliphatic hydroxyl groups is 1. The molecule has 1 atom stereocenters. The van der Waals surface area contributed by atoms with Gasteiger partial charge in [0.25, 0.3) is 0 Å². The van der Waals surface area contributed by atoms with E-state index >= 15 is 0 Å². The van der Waals surface area contributed by atoms with Gasteiger partial charge in [-0.1, -0.05) is 6.08 Å². The summed E-state index contributed by atoms with van der Waals surface area (Å²) in [6.45, 7) is 1.03. The molecular formula is C19H21FN4O3. The van der Waals surface area contributed by atoms with Crippen molar-refractivity contribution < 1.29 is 19.0 Å². The number of halogens is 1. The summed E-state index contributed by atoms with van der Waals surface area (Å²) in [4.78, 5) is 4.35. The molecule has 1 aromatic heterocycles. The van der Waals surface area contributed by atoms with Crippen LogP contribution in [0.5, 0.6) is 5.75 Å². The number of nitrogens with zero attached hydrogens (tertiary/aromatic N) is 3. The Morgan fingerprint density at radius 2 is 2.33 bits per heavy atom. The number of anilines is 1. The number of fused-ring (bicyclic) bond motifs is 1. The number of amidine groups is 1. The maximum atomic E-state index is 14.8. The van der Waals surface area contributed by atoms with Gasteiger partial charge in [-0.25, -0.2) is 9.38 Å². The molecule has 0 bridgehead atoms. The topological polar surface area (TPSA) is 80.9 Å². The molecule has 0 spiro atoms. The zero-order chi connectivity index (χ0) is 19.0. The number of rotatable bonds is 4. The first kappa shape index (κ1) is 17.7. The van der Waals surface area contributed by atoms with Crippen LogP contribution in [-0.4, -0.2) is 41.0 Å². The molecule has 142 valence electrons. The summed E-state index contributed by atoms with van der Waals surface area (Å²) in [7, 11) is 3.29. The third kappa shape index (κ3) is 3.33. The molecule has 8 heteroatoms. The normalized spacial score (nSPS) is 18.8. The molecule has 2 aliphatic heterocycles. The highest BCUT2D eigenvalue weighted by Gasteiger charge is 2.29. The smallest absolute Gasteiger partial charge is 0.176 e. The molecule has 2 aromatic rings. The number of nitrogens with one attached hydrogen (secondary N) is 1. The fourth-order valence-electron chi connectivity index (χ4n) is 3.46. The van der Waals surface area contributed by atoms with Gasteiger partial charge in [0.05, 0.1) is 32.2 Å². The maximum Gasteiger partial charge on any atom is 0.176 e. The molecule has 2 N–H and O–H groups in total. The van der Waals surface area contributed by atoms with Crippen molar-refractivity contribution in [2.24, 2.45) is 12.0 Å². The number of benzene rings is 1. The largest absolute Gasteiger partial charge is 0.496 e. The van der Waals surface area contributed by atoms with E-state index in [9.17, 15) is 9.50 Å². The summed E-state index contributed by atoms with van der Waals surface area (Å²) < 4.78 is 27.1. The van der Waals surface area contributed by atoms with E-state index in [4.69, 9.17) is 9.47 Å². The molecular weight excluding hydrogens is 351 g/mol. The number of aryl methyl sites for hydroxylation is 1. The first-order valence-corrected chi connectivity index (χ1v) is 8.73. The molecule has 2 aliphatic rings. The van der Waals surface area contributed by atoms with E-state index in [0.717, 1.165) is 11.1 Å². The Morgan fingerprint density at radius 1 is 1.48 bits per heavy atom. The minimum Gasteiger partial charge on any atom is -0.496 e. The van der Waals surface area contributed by atoms with Crippen molar-refractivity contribution in [3.63, 3.8) is 0 Å². The summed E-state index contributed by atoms with van der Waals surface area (Å²) in [5.41, 5.74) is 3.50. The Labute approximate surface area is 156 Å². The second-order valence-corrected chi connectivity index (χ2v) is 6.54. The summed E-state index contributed by atoms with van der Waals surface area (Å²) >= 11 is 0. The third-order valence-electron chi connectivity index (χ3n) is 4.76. The van der Waals surface area contributed by atoms with Gasteiger partial charge in [-0.05, 0) is 12.0 Å². The number of aliphatic hydroxyl groups excluding tert-OH is 1. The van der Waals surface area contributed by atoms with Gasteiger partial charge < -0.3 is 19.9 Å². The zero-order valence-electron chi connectivity index (χ0n) is 15.2. The highest BCUT2D eigenvalue weighted by atomic mass is 19.1. The van der Waals surface area contributed by atoms with Gasteiger partial charge >= 0.3 is 0 Å². The van der Waals surface area contributed by atoms with E-state index in [1.54, 1.807) is 24.1 Å². The van der Waals surface area contributed by atoms with E-state index in [-0.39, 0.29) is 5.82 Å². The first-order chi connectivity index (χ1) is 13.1.